The molecule has 5 nitrogen and oxygen atoms in total. The summed E-state index contributed by atoms with van der Waals surface area (Å²) in [7, 11) is 1.79. The predicted molar refractivity (Wildman–Crippen MR) is 54.8 cm³/mol. The van der Waals surface area contributed by atoms with Gasteiger partial charge in [-0.25, -0.2) is 0 Å². The van der Waals surface area contributed by atoms with Gasteiger partial charge in [-0.2, -0.15) is 4.80 Å². The highest BCUT2D eigenvalue weighted by Crippen LogP contribution is 1.92. The van der Waals surface area contributed by atoms with Gasteiger partial charge in [0.25, 0.3) is 0 Å². The Morgan fingerprint density at radius 2 is 2.21 bits per heavy atom. The molecule has 0 saturated carbocycles. The first kappa shape index (κ1) is 11.1. The topological polar surface area (TPSA) is 55.6 Å². The number of nitrogens with one attached hydrogen (secondary N) is 1. The van der Waals surface area contributed by atoms with Crippen LogP contribution >= 0.6 is 0 Å². The second-order valence-electron chi connectivity index (χ2n) is 3.90. The van der Waals surface area contributed by atoms with Crippen molar-refractivity contribution < 1.29 is 0 Å². The molecule has 0 fully saturated rings. The highest BCUT2D eigenvalue weighted by atomic mass is 15.6. The van der Waals surface area contributed by atoms with Crippen molar-refractivity contribution in [2.75, 3.05) is 13.1 Å². The lowest BCUT2D eigenvalue weighted by Gasteiger charge is -2.05. The molecule has 0 aliphatic rings. The predicted octanol–water partition coefficient (Wildman–Crippen LogP) is 0.388. The molecule has 1 rings (SSSR count). The Morgan fingerprint density at radius 1 is 1.43 bits per heavy atom. The van der Waals surface area contributed by atoms with E-state index in [1.807, 2.05) is 0 Å². The molecule has 0 unspecified atom stereocenters. The summed E-state index contributed by atoms with van der Waals surface area (Å²) < 4.78 is 0. The van der Waals surface area contributed by atoms with Crippen LogP contribution in [0.15, 0.2) is 0 Å². The lowest BCUT2D eigenvalue weighted by atomic mass is 10.2. The van der Waals surface area contributed by atoms with E-state index in [4.69, 9.17) is 0 Å². The Labute approximate surface area is 84.9 Å². The molecule has 0 bridgehead atoms. The smallest absolute Gasteiger partial charge is 0.174 e. The fraction of sp³-hybridized carbons (Fsp3) is 0.889. The van der Waals surface area contributed by atoms with E-state index in [-0.39, 0.29) is 0 Å². The number of aryl methyl sites for hydroxylation is 2. The Bertz CT molecular complexity index is 255. The van der Waals surface area contributed by atoms with Gasteiger partial charge in [0.1, 0.15) is 0 Å². The van der Waals surface area contributed by atoms with Crippen molar-refractivity contribution in [3.63, 3.8) is 0 Å². The zero-order valence-electron chi connectivity index (χ0n) is 9.19. The second-order valence-corrected chi connectivity index (χ2v) is 3.90. The van der Waals surface area contributed by atoms with E-state index in [9.17, 15) is 0 Å². The van der Waals surface area contributed by atoms with Crippen molar-refractivity contribution in [2.45, 2.75) is 26.7 Å². The van der Waals surface area contributed by atoms with E-state index in [2.05, 4.69) is 34.6 Å². The third kappa shape index (κ3) is 4.32. The third-order valence-electron chi connectivity index (χ3n) is 1.86. The molecule has 1 aromatic heterocycles. The molecule has 80 valence electrons. The highest BCUT2D eigenvalue weighted by Gasteiger charge is 1.99. The molecule has 0 atom stereocenters. The SMILES string of the molecule is CC(C)CNCCCc1nnn(C)n1. The summed E-state index contributed by atoms with van der Waals surface area (Å²) in [5.74, 6) is 1.54. The van der Waals surface area contributed by atoms with Crippen LogP contribution in [0.25, 0.3) is 0 Å². The van der Waals surface area contributed by atoms with Crippen LogP contribution in [0, 0.1) is 5.92 Å². The van der Waals surface area contributed by atoms with Crippen LogP contribution in [0.4, 0.5) is 0 Å². The zero-order valence-corrected chi connectivity index (χ0v) is 9.19. The van der Waals surface area contributed by atoms with Gasteiger partial charge in [0, 0.05) is 6.42 Å². The normalized spacial score (nSPS) is 11.1. The molecule has 0 saturated heterocycles. The number of nitrogens with zero attached hydrogens (tertiary/aromatic N) is 4. The van der Waals surface area contributed by atoms with Crippen molar-refractivity contribution >= 4 is 0 Å². The van der Waals surface area contributed by atoms with E-state index in [1.165, 1.54) is 4.80 Å². The van der Waals surface area contributed by atoms with Crippen LogP contribution in [0.3, 0.4) is 0 Å². The quantitative estimate of drug-likeness (QED) is 0.670. The molecule has 0 radical (unpaired) electrons. The first-order chi connectivity index (χ1) is 6.68. The third-order valence-corrected chi connectivity index (χ3v) is 1.86. The minimum absolute atomic E-state index is 0.713. The molecule has 1 aromatic rings. The van der Waals surface area contributed by atoms with Crippen LogP contribution < -0.4 is 5.32 Å². The summed E-state index contributed by atoms with van der Waals surface area (Å²) in [5, 5.41) is 15.2. The summed E-state index contributed by atoms with van der Waals surface area (Å²) in [6.45, 7) is 6.51. The monoisotopic (exact) mass is 197 g/mol. The molecular formula is C9H19N5. The Hall–Kier alpha value is -0.970. The van der Waals surface area contributed by atoms with E-state index < -0.39 is 0 Å². The van der Waals surface area contributed by atoms with Crippen LogP contribution in [-0.2, 0) is 13.5 Å². The molecule has 1 heterocycles. The van der Waals surface area contributed by atoms with Gasteiger partial charge in [0.2, 0.25) is 0 Å². The number of tetrazole rings is 1. The van der Waals surface area contributed by atoms with Crippen LogP contribution in [0.2, 0.25) is 0 Å². The number of aromatic nitrogens is 4. The van der Waals surface area contributed by atoms with Gasteiger partial charge in [-0.15, -0.1) is 10.2 Å². The number of rotatable bonds is 6. The fourth-order valence-corrected chi connectivity index (χ4v) is 1.19. The van der Waals surface area contributed by atoms with E-state index in [0.717, 1.165) is 31.8 Å². The first-order valence-electron chi connectivity index (χ1n) is 5.12. The van der Waals surface area contributed by atoms with Crippen molar-refractivity contribution in [1.29, 1.82) is 0 Å². The summed E-state index contributed by atoms with van der Waals surface area (Å²) >= 11 is 0. The van der Waals surface area contributed by atoms with Crippen LogP contribution in [0.1, 0.15) is 26.1 Å². The molecule has 0 amide bonds. The fourth-order valence-electron chi connectivity index (χ4n) is 1.19. The second kappa shape index (κ2) is 5.70. The maximum absolute atomic E-state index is 4.11. The lowest BCUT2D eigenvalue weighted by Crippen LogP contribution is -2.21. The van der Waals surface area contributed by atoms with Gasteiger partial charge >= 0.3 is 0 Å². The summed E-state index contributed by atoms with van der Waals surface area (Å²) in [6.07, 6.45) is 1.97. The molecule has 0 spiro atoms. The van der Waals surface area contributed by atoms with Gasteiger partial charge < -0.3 is 5.32 Å². The average molecular weight is 197 g/mol. The number of hydrogen-bond donors (Lipinski definition) is 1. The standard InChI is InChI=1S/C9H19N5/c1-8(2)7-10-6-4-5-9-11-13-14(3)12-9/h8,10H,4-7H2,1-3H3. The van der Waals surface area contributed by atoms with E-state index in [0.29, 0.717) is 5.92 Å². The van der Waals surface area contributed by atoms with Crippen molar-refractivity contribution in [1.82, 2.24) is 25.5 Å². The zero-order chi connectivity index (χ0) is 10.4. The van der Waals surface area contributed by atoms with Crippen molar-refractivity contribution in [2.24, 2.45) is 13.0 Å². The average Bonchev–Trinajstić information content (AvgIpc) is 2.50. The summed E-state index contributed by atoms with van der Waals surface area (Å²) in [4.78, 5) is 1.50. The molecule has 1 N–H and O–H groups in total. The molecule has 5 heteroatoms. The largest absolute Gasteiger partial charge is 0.316 e. The molecule has 0 aliphatic heterocycles. The minimum Gasteiger partial charge on any atom is -0.316 e. The summed E-state index contributed by atoms with van der Waals surface area (Å²) in [6, 6.07) is 0. The first-order valence-corrected chi connectivity index (χ1v) is 5.12. The summed E-state index contributed by atoms with van der Waals surface area (Å²) in [5.41, 5.74) is 0. The molecule has 14 heavy (non-hydrogen) atoms. The minimum atomic E-state index is 0.713. The molecular weight excluding hydrogens is 178 g/mol. The van der Waals surface area contributed by atoms with E-state index >= 15 is 0 Å². The van der Waals surface area contributed by atoms with Gasteiger partial charge in [-0.05, 0) is 30.6 Å². The van der Waals surface area contributed by atoms with Gasteiger partial charge in [0.05, 0.1) is 7.05 Å². The van der Waals surface area contributed by atoms with Crippen LogP contribution in [0.5, 0.6) is 0 Å². The maximum atomic E-state index is 4.11. The van der Waals surface area contributed by atoms with Crippen LogP contribution in [-0.4, -0.2) is 33.3 Å². The van der Waals surface area contributed by atoms with Crippen molar-refractivity contribution in [3.8, 4) is 0 Å². The number of hydrogen-bond acceptors (Lipinski definition) is 4. The maximum Gasteiger partial charge on any atom is 0.174 e. The Balaban J connectivity index is 2.04. The highest BCUT2D eigenvalue weighted by molar-refractivity contribution is 4.76. The molecule has 0 aromatic carbocycles. The molecule has 0 aliphatic carbocycles. The Morgan fingerprint density at radius 3 is 2.79 bits per heavy atom. The Kier molecular flexibility index (Phi) is 4.52. The lowest BCUT2D eigenvalue weighted by molar-refractivity contribution is 0.540. The van der Waals surface area contributed by atoms with Gasteiger partial charge in [-0.3, -0.25) is 0 Å². The van der Waals surface area contributed by atoms with Gasteiger partial charge in [0.15, 0.2) is 5.82 Å². The van der Waals surface area contributed by atoms with E-state index in [1.54, 1.807) is 7.05 Å². The van der Waals surface area contributed by atoms with Gasteiger partial charge in [-0.1, -0.05) is 13.8 Å². The van der Waals surface area contributed by atoms with Crippen molar-refractivity contribution in [3.05, 3.63) is 5.82 Å².